The van der Waals surface area contributed by atoms with Crippen LogP contribution in [0.15, 0.2) is 29.2 Å². The minimum absolute atomic E-state index is 0.159. The van der Waals surface area contributed by atoms with Gasteiger partial charge in [0.2, 0.25) is 5.90 Å². The molecule has 2 nitrogen and oxygen atoms in total. The fourth-order valence-corrected chi connectivity index (χ4v) is 1.25. The molecular formula is C9H8Cl3NOS. The second-order valence-electron chi connectivity index (χ2n) is 2.74. The summed E-state index contributed by atoms with van der Waals surface area (Å²) < 4.78 is 3.20. The van der Waals surface area contributed by atoms with Crippen molar-refractivity contribution < 1.29 is 4.74 Å². The normalized spacial score (nSPS) is 11.2. The summed E-state index contributed by atoms with van der Waals surface area (Å²) in [4.78, 5) is 0.773. The van der Waals surface area contributed by atoms with E-state index in [2.05, 4.69) is 12.6 Å². The standard InChI is InChI=1S/C9H8Cl3NOS/c10-9(11,12)8(13)14-5-6-3-1-2-4-7(6)15/h1-4,13,15H,5H2. The molecule has 0 aliphatic rings. The third kappa shape index (κ3) is 4.11. The molecule has 0 aromatic heterocycles. The number of hydrogen-bond acceptors (Lipinski definition) is 3. The quantitative estimate of drug-likeness (QED) is 0.368. The maximum absolute atomic E-state index is 7.32. The molecule has 1 rings (SSSR count). The van der Waals surface area contributed by atoms with Crippen LogP contribution in [0.25, 0.3) is 0 Å². The fraction of sp³-hybridized carbons (Fsp3) is 0.222. The highest BCUT2D eigenvalue weighted by molar-refractivity contribution is 7.80. The lowest BCUT2D eigenvalue weighted by Gasteiger charge is -2.14. The van der Waals surface area contributed by atoms with Crippen molar-refractivity contribution in [1.82, 2.24) is 0 Å². The smallest absolute Gasteiger partial charge is 0.265 e. The van der Waals surface area contributed by atoms with Crippen LogP contribution >= 0.6 is 47.4 Å². The molecule has 0 radical (unpaired) electrons. The Morgan fingerprint density at radius 2 is 1.93 bits per heavy atom. The van der Waals surface area contributed by atoms with Crippen molar-refractivity contribution in [1.29, 1.82) is 5.41 Å². The van der Waals surface area contributed by atoms with Crippen molar-refractivity contribution in [2.75, 3.05) is 0 Å². The summed E-state index contributed by atoms with van der Waals surface area (Å²) in [5.74, 6) is -0.399. The Balaban J connectivity index is 2.59. The number of nitrogens with one attached hydrogen (secondary N) is 1. The minimum atomic E-state index is -1.81. The number of benzene rings is 1. The molecule has 0 saturated heterocycles. The lowest BCUT2D eigenvalue weighted by Crippen LogP contribution is -2.20. The third-order valence-electron chi connectivity index (χ3n) is 1.62. The molecule has 0 spiro atoms. The number of rotatable bonds is 2. The summed E-state index contributed by atoms with van der Waals surface area (Å²) >= 11 is 20.6. The molecule has 0 amide bonds. The van der Waals surface area contributed by atoms with Gasteiger partial charge in [0.15, 0.2) is 0 Å². The molecular weight excluding hydrogens is 277 g/mol. The van der Waals surface area contributed by atoms with E-state index in [0.717, 1.165) is 10.5 Å². The van der Waals surface area contributed by atoms with Gasteiger partial charge in [-0.15, -0.1) is 12.6 Å². The van der Waals surface area contributed by atoms with Crippen molar-refractivity contribution >= 4 is 53.3 Å². The molecule has 1 aromatic rings. The summed E-state index contributed by atoms with van der Waals surface area (Å²) in [5, 5.41) is 7.32. The van der Waals surface area contributed by atoms with Crippen LogP contribution in [0, 0.1) is 5.41 Å². The second kappa shape index (κ2) is 5.30. The number of thiol groups is 1. The lowest BCUT2D eigenvalue weighted by molar-refractivity contribution is 0.281. The van der Waals surface area contributed by atoms with Gasteiger partial charge < -0.3 is 4.74 Å². The lowest BCUT2D eigenvalue weighted by atomic mass is 10.2. The molecule has 0 unspecified atom stereocenters. The van der Waals surface area contributed by atoms with Crippen LogP contribution in [-0.4, -0.2) is 9.69 Å². The monoisotopic (exact) mass is 283 g/mol. The second-order valence-corrected chi connectivity index (χ2v) is 5.51. The van der Waals surface area contributed by atoms with Crippen LogP contribution in [0.4, 0.5) is 0 Å². The Morgan fingerprint density at radius 3 is 2.47 bits per heavy atom. The van der Waals surface area contributed by atoms with Crippen LogP contribution < -0.4 is 0 Å². The summed E-state index contributed by atoms with van der Waals surface area (Å²) in [6, 6.07) is 7.35. The van der Waals surface area contributed by atoms with E-state index >= 15 is 0 Å². The summed E-state index contributed by atoms with van der Waals surface area (Å²) in [5.41, 5.74) is 0.833. The Kier molecular flexibility index (Phi) is 4.59. The summed E-state index contributed by atoms with van der Waals surface area (Å²) in [6.07, 6.45) is 0. The zero-order chi connectivity index (χ0) is 11.5. The van der Waals surface area contributed by atoms with E-state index < -0.39 is 9.69 Å². The molecule has 0 saturated carbocycles. The van der Waals surface area contributed by atoms with Gasteiger partial charge in [0.05, 0.1) is 0 Å². The molecule has 82 valence electrons. The van der Waals surface area contributed by atoms with Gasteiger partial charge in [0.25, 0.3) is 3.79 Å². The molecule has 15 heavy (non-hydrogen) atoms. The Morgan fingerprint density at radius 1 is 1.33 bits per heavy atom. The zero-order valence-electron chi connectivity index (χ0n) is 7.51. The predicted octanol–water partition coefficient (Wildman–Crippen LogP) is 3.84. The summed E-state index contributed by atoms with van der Waals surface area (Å²) in [6.45, 7) is 0.159. The molecule has 0 fully saturated rings. The van der Waals surface area contributed by atoms with E-state index in [0.29, 0.717) is 0 Å². The Hall–Kier alpha value is -0.0900. The first kappa shape index (κ1) is 13.0. The first-order valence-corrected chi connectivity index (χ1v) is 5.55. The molecule has 0 bridgehead atoms. The molecule has 6 heteroatoms. The molecule has 0 heterocycles. The Bertz CT molecular complexity index is 365. The SMILES string of the molecule is N=C(OCc1ccccc1S)C(Cl)(Cl)Cl. The Labute approximate surface area is 108 Å². The van der Waals surface area contributed by atoms with Crippen LogP contribution in [0.5, 0.6) is 0 Å². The van der Waals surface area contributed by atoms with Crippen LogP contribution in [0.1, 0.15) is 5.56 Å². The van der Waals surface area contributed by atoms with E-state index in [1.165, 1.54) is 0 Å². The maximum atomic E-state index is 7.32. The van der Waals surface area contributed by atoms with E-state index in [4.69, 9.17) is 44.9 Å². The van der Waals surface area contributed by atoms with E-state index in [-0.39, 0.29) is 6.61 Å². The largest absolute Gasteiger partial charge is 0.473 e. The molecule has 1 N–H and O–H groups in total. The number of halogens is 3. The summed E-state index contributed by atoms with van der Waals surface area (Å²) in [7, 11) is 0. The average molecular weight is 285 g/mol. The van der Waals surface area contributed by atoms with Gasteiger partial charge in [-0.3, -0.25) is 5.41 Å². The van der Waals surface area contributed by atoms with Crippen molar-refractivity contribution in [2.45, 2.75) is 15.3 Å². The van der Waals surface area contributed by atoms with Gasteiger partial charge in [-0.1, -0.05) is 53.0 Å². The van der Waals surface area contributed by atoms with Crippen LogP contribution in [-0.2, 0) is 11.3 Å². The molecule has 0 aliphatic heterocycles. The highest BCUT2D eigenvalue weighted by Gasteiger charge is 2.28. The zero-order valence-corrected chi connectivity index (χ0v) is 10.7. The number of hydrogen-bond donors (Lipinski definition) is 2. The van der Waals surface area contributed by atoms with Crippen molar-refractivity contribution in [3.63, 3.8) is 0 Å². The number of ether oxygens (including phenoxy) is 1. The highest BCUT2D eigenvalue weighted by Crippen LogP contribution is 2.28. The van der Waals surface area contributed by atoms with Gasteiger partial charge >= 0.3 is 0 Å². The van der Waals surface area contributed by atoms with Gasteiger partial charge in [0.1, 0.15) is 6.61 Å². The topological polar surface area (TPSA) is 33.1 Å². The van der Waals surface area contributed by atoms with E-state index in [1.54, 1.807) is 0 Å². The first-order valence-electron chi connectivity index (χ1n) is 3.96. The van der Waals surface area contributed by atoms with E-state index in [9.17, 15) is 0 Å². The molecule has 0 atom stereocenters. The molecule has 1 aromatic carbocycles. The van der Waals surface area contributed by atoms with Crippen molar-refractivity contribution in [2.24, 2.45) is 0 Å². The maximum Gasteiger partial charge on any atom is 0.265 e. The van der Waals surface area contributed by atoms with Gasteiger partial charge in [-0.25, -0.2) is 0 Å². The van der Waals surface area contributed by atoms with Gasteiger partial charge in [0, 0.05) is 10.5 Å². The van der Waals surface area contributed by atoms with Crippen molar-refractivity contribution in [3.05, 3.63) is 29.8 Å². The fourth-order valence-electron chi connectivity index (χ4n) is 0.865. The predicted molar refractivity (Wildman–Crippen MR) is 66.5 cm³/mol. The van der Waals surface area contributed by atoms with Gasteiger partial charge in [-0.2, -0.15) is 0 Å². The van der Waals surface area contributed by atoms with Crippen molar-refractivity contribution in [3.8, 4) is 0 Å². The minimum Gasteiger partial charge on any atom is -0.473 e. The van der Waals surface area contributed by atoms with Crippen LogP contribution in [0.2, 0.25) is 0 Å². The van der Waals surface area contributed by atoms with Crippen LogP contribution in [0.3, 0.4) is 0 Å². The van der Waals surface area contributed by atoms with Gasteiger partial charge in [-0.05, 0) is 6.07 Å². The van der Waals surface area contributed by atoms with E-state index in [1.807, 2.05) is 24.3 Å². The number of alkyl halides is 3. The highest BCUT2D eigenvalue weighted by atomic mass is 35.6. The average Bonchev–Trinajstić information content (AvgIpc) is 2.14. The third-order valence-corrected chi connectivity index (χ3v) is 2.57. The first-order chi connectivity index (χ1) is 6.91. The molecule has 0 aliphatic carbocycles.